The highest BCUT2D eigenvalue weighted by molar-refractivity contribution is 7.91. The van der Waals surface area contributed by atoms with Crippen LogP contribution in [-0.2, 0) is 9.84 Å². The number of aromatic nitrogens is 1. The molecule has 1 aromatic rings. The zero-order chi connectivity index (χ0) is 12.2. The average molecular weight is 242 g/mol. The van der Waals surface area contributed by atoms with E-state index < -0.39 is 9.84 Å². The molecule has 0 spiro atoms. The number of hydrogen-bond donors (Lipinski definition) is 1. The molecular formula is C11H18N2O2S. The molecule has 0 aliphatic heterocycles. The highest BCUT2D eigenvalue weighted by Crippen LogP contribution is 2.18. The minimum Gasteiger partial charge on any atom is -0.324 e. The van der Waals surface area contributed by atoms with Gasteiger partial charge in [0.05, 0.1) is 5.75 Å². The van der Waals surface area contributed by atoms with Crippen LogP contribution in [0, 0.1) is 0 Å². The summed E-state index contributed by atoms with van der Waals surface area (Å²) in [5, 5.41) is 0.124. The maximum atomic E-state index is 11.6. The third kappa shape index (κ3) is 3.02. The van der Waals surface area contributed by atoms with E-state index in [1.54, 1.807) is 19.1 Å². The largest absolute Gasteiger partial charge is 0.324 e. The molecule has 1 heterocycles. The highest BCUT2D eigenvalue weighted by atomic mass is 32.2. The van der Waals surface area contributed by atoms with E-state index in [4.69, 9.17) is 5.73 Å². The molecule has 4 nitrogen and oxygen atoms in total. The Kier molecular flexibility index (Phi) is 4.44. The molecule has 0 fully saturated rings. The Hall–Kier alpha value is -0.940. The van der Waals surface area contributed by atoms with E-state index >= 15 is 0 Å². The lowest BCUT2D eigenvalue weighted by Crippen LogP contribution is -2.12. The number of rotatable bonds is 5. The van der Waals surface area contributed by atoms with Gasteiger partial charge in [-0.15, -0.1) is 0 Å². The zero-order valence-electron chi connectivity index (χ0n) is 9.68. The first-order valence-electron chi connectivity index (χ1n) is 5.45. The van der Waals surface area contributed by atoms with E-state index in [9.17, 15) is 8.42 Å². The van der Waals surface area contributed by atoms with Gasteiger partial charge in [0.25, 0.3) is 0 Å². The summed E-state index contributed by atoms with van der Waals surface area (Å²) in [6.07, 6.45) is 3.32. The fraction of sp³-hybridized carbons (Fsp3) is 0.545. The summed E-state index contributed by atoms with van der Waals surface area (Å²) in [5.74, 6) is 0.0620. The first-order chi connectivity index (χ1) is 7.51. The number of hydrogen-bond acceptors (Lipinski definition) is 4. The average Bonchev–Trinajstić information content (AvgIpc) is 2.29. The molecule has 90 valence electrons. The molecule has 0 aromatic carbocycles. The first-order valence-corrected chi connectivity index (χ1v) is 7.10. The zero-order valence-corrected chi connectivity index (χ0v) is 10.5. The molecule has 0 radical (unpaired) electrons. The fourth-order valence-corrected chi connectivity index (χ4v) is 2.28. The molecule has 2 N–H and O–H groups in total. The quantitative estimate of drug-likeness (QED) is 0.852. The molecular weight excluding hydrogens is 224 g/mol. The van der Waals surface area contributed by atoms with E-state index in [2.05, 4.69) is 4.98 Å². The normalized spacial score (nSPS) is 13.7. The van der Waals surface area contributed by atoms with Gasteiger partial charge in [0, 0.05) is 12.2 Å². The van der Waals surface area contributed by atoms with Crippen molar-refractivity contribution in [1.82, 2.24) is 4.98 Å². The number of nitrogens with two attached hydrogens (primary N) is 1. The molecule has 5 heteroatoms. The molecule has 16 heavy (non-hydrogen) atoms. The summed E-state index contributed by atoms with van der Waals surface area (Å²) in [5.41, 5.74) is 6.77. The number of sulfone groups is 1. The number of pyridine rings is 1. The predicted octanol–water partition coefficient (Wildman–Crippen LogP) is 1.68. The van der Waals surface area contributed by atoms with Crippen LogP contribution < -0.4 is 5.73 Å². The van der Waals surface area contributed by atoms with Gasteiger partial charge >= 0.3 is 0 Å². The molecule has 0 aliphatic carbocycles. The van der Waals surface area contributed by atoms with Crippen molar-refractivity contribution >= 4 is 9.84 Å². The minimum atomic E-state index is -3.24. The van der Waals surface area contributed by atoms with Crippen LogP contribution in [0.3, 0.4) is 0 Å². The monoisotopic (exact) mass is 242 g/mol. The summed E-state index contributed by atoms with van der Waals surface area (Å²) in [6.45, 7) is 3.65. The van der Waals surface area contributed by atoms with Gasteiger partial charge in [-0.05, 0) is 24.1 Å². The molecule has 0 unspecified atom stereocenters. The van der Waals surface area contributed by atoms with Gasteiger partial charge in [-0.3, -0.25) is 0 Å². The summed E-state index contributed by atoms with van der Waals surface area (Å²) in [4.78, 5) is 3.88. The van der Waals surface area contributed by atoms with Crippen molar-refractivity contribution in [3.63, 3.8) is 0 Å². The van der Waals surface area contributed by atoms with Crippen LogP contribution in [0.1, 0.15) is 38.3 Å². The number of nitrogens with zero attached hydrogens (tertiary/aromatic N) is 1. The van der Waals surface area contributed by atoms with Crippen molar-refractivity contribution in [2.75, 3.05) is 5.75 Å². The van der Waals surface area contributed by atoms with Crippen molar-refractivity contribution in [3.8, 4) is 0 Å². The summed E-state index contributed by atoms with van der Waals surface area (Å²) < 4.78 is 23.3. The second-order valence-corrected chi connectivity index (χ2v) is 5.95. The van der Waals surface area contributed by atoms with Crippen LogP contribution in [0.25, 0.3) is 0 Å². The van der Waals surface area contributed by atoms with Gasteiger partial charge in [0.15, 0.2) is 14.9 Å². The predicted molar refractivity (Wildman–Crippen MR) is 63.8 cm³/mol. The van der Waals surface area contributed by atoms with E-state index in [0.29, 0.717) is 0 Å². The SMILES string of the molecule is CCC[C@H](N)c1ccnc(S(=O)(=O)CC)c1. The van der Waals surface area contributed by atoms with Gasteiger partial charge in [0.1, 0.15) is 0 Å². The van der Waals surface area contributed by atoms with Gasteiger partial charge in [-0.1, -0.05) is 20.3 Å². The second kappa shape index (κ2) is 5.41. The van der Waals surface area contributed by atoms with E-state index in [0.717, 1.165) is 18.4 Å². The molecule has 1 rings (SSSR count). The molecule has 0 bridgehead atoms. The van der Waals surface area contributed by atoms with Crippen LogP contribution in [-0.4, -0.2) is 19.2 Å². The Morgan fingerprint density at radius 2 is 2.12 bits per heavy atom. The Morgan fingerprint density at radius 3 is 2.69 bits per heavy atom. The Labute approximate surface area is 96.8 Å². The van der Waals surface area contributed by atoms with Crippen LogP contribution >= 0.6 is 0 Å². The standard InChI is InChI=1S/C11H18N2O2S/c1-3-5-10(12)9-6-7-13-11(8-9)16(14,15)4-2/h6-8,10H,3-5,12H2,1-2H3/t10-/m0/s1. The molecule has 0 saturated carbocycles. The van der Waals surface area contributed by atoms with Crippen molar-refractivity contribution in [2.24, 2.45) is 5.73 Å². The van der Waals surface area contributed by atoms with Crippen LogP contribution in [0.4, 0.5) is 0 Å². The van der Waals surface area contributed by atoms with Gasteiger partial charge in [0.2, 0.25) is 0 Å². The lowest BCUT2D eigenvalue weighted by Gasteiger charge is -2.11. The van der Waals surface area contributed by atoms with Gasteiger partial charge < -0.3 is 5.73 Å². The second-order valence-electron chi connectivity index (χ2n) is 3.73. The molecule has 1 aromatic heterocycles. The Morgan fingerprint density at radius 1 is 1.44 bits per heavy atom. The van der Waals surface area contributed by atoms with E-state index in [1.807, 2.05) is 6.92 Å². The minimum absolute atomic E-state index is 0.0620. The van der Waals surface area contributed by atoms with Crippen molar-refractivity contribution in [2.45, 2.75) is 37.8 Å². The summed E-state index contributed by atoms with van der Waals surface area (Å²) in [6, 6.07) is 3.24. The van der Waals surface area contributed by atoms with Crippen molar-refractivity contribution in [3.05, 3.63) is 23.9 Å². The van der Waals surface area contributed by atoms with E-state index in [-0.39, 0.29) is 16.8 Å². The third-order valence-corrected chi connectivity index (χ3v) is 4.11. The van der Waals surface area contributed by atoms with E-state index in [1.165, 1.54) is 6.20 Å². The third-order valence-electron chi connectivity index (χ3n) is 2.49. The lowest BCUT2D eigenvalue weighted by atomic mass is 10.1. The summed E-state index contributed by atoms with van der Waals surface area (Å²) in [7, 11) is -3.24. The Balaban J connectivity index is 3.05. The van der Waals surface area contributed by atoms with Crippen molar-refractivity contribution < 1.29 is 8.42 Å². The van der Waals surface area contributed by atoms with Crippen LogP contribution in [0.5, 0.6) is 0 Å². The summed E-state index contributed by atoms with van der Waals surface area (Å²) >= 11 is 0. The molecule has 0 aliphatic rings. The molecule has 0 amide bonds. The maximum Gasteiger partial charge on any atom is 0.195 e. The van der Waals surface area contributed by atoms with Crippen LogP contribution in [0.2, 0.25) is 0 Å². The van der Waals surface area contributed by atoms with Crippen molar-refractivity contribution in [1.29, 1.82) is 0 Å². The fourth-order valence-electron chi connectivity index (χ4n) is 1.45. The Bertz CT molecular complexity index is 443. The smallest absolute Gasteiger partial charge is 0.195 e. The molecule has 0 saturated heterocycles. The highest BCUT2D eigenvalue weighted by Gasteiger charge is 2.15. The topological polar surface area (TPSA) is 73.0 Å². The maximum absolute atomic E-state index is 11.6. The first kappa shape index (κ1) is 13.1. The van der Waals surface area contributed by atoms with Crippen LogP contribution in [0.15, 0.2) is 23.4 Å². The lowest BCUT2D eigenvalue weighted by molar-refractivity contribution is 0.591. The molecule has 1 atom stereocenters. The van der Waals surface area contributed by atoms with Gasteiger partial charge in [-0.2, -0.15) is 0 Å². The van der Waals surface area contributed by atoms with Gasteiger partial charge in [-0.25, -0.2) is 13.4 Å².